The lowest BCUT2D eigenvalue weighted by Crippen LogP contribution is -2.19. The van der Waals surface area contributed by atoms with Gasteiger partial charge < -0.3 is 9.84 Å². The van der Waals surface area contributed by atoms with E-state index >= 15 is 0 Å². The molecule has 0 bridgehead atoms. The summed E-state index contributed by atoms with van der Waals surface area (Å²) in [5.41, 5.74) is 0. The molecular weight excluding hydrogens is 224 g/mol. The first kappa shape index (κ1) is 12.9. The summed E-state index contributed by atoms with van der Waals surface area (Å²) in [6.07, 6.45) is 0.707. The van der Waals surface area contributed by atoms with Gasteiger partial charge in [0, 0.05) is 4.90 Å². The molecule has 0 fully saturated rings. The molecular formula is C12H16O3S. The minimum absolute atomic E-state index is 0.196. The fraction of sp³-hybridized carbons (Fsp3) is 0.417. The molecule has 0 heterocycles. The van der Waals surface area contributed by atoms with E-state index in [1.165, 1.54) is 11.8 Å². The normalized spacial score (nSPS) is 12.1. The lowest BCUT2D eigenvalue weighted by molar-refractivity contribution is -0.142. The number of phenols is 1. The second-order valence-electron chi connectivity index (χ2n) is 3.26. The van der Waals surface area contributed by atoms with E-state index in [2.05, 4.69) is 0 Å². The Bertz CT molecular complexity index is 352. The Morgan fingerprint density at radius 2 is 2.25 bits per heavy atom. The van der Waals surface area contributed by atoms with Crippen molar-refractivity contribution in [2.45, 2.75) is 30.4 Å². The van der Waals surface area contributed by atoms with Crippen molar-refractivity contribution in [1.29, 1.82) is 0 Å². The number of thioether (sulfide) groups is 1. The van der Waals surface area contributed by atoms with Crippen molar-refractivity contribution in [3.05, 3.63) is 24.3 Å². The van der Waals surface area contributed by atoms with Gasteiger partial charge in [-0.05, 0) is 31.5 Å². The number of hydrogen-bond acceptors (Lipinski definition) is 4. The number of esters is 1. The summed E-state index contributed by atoms with van der Waals surface area (Å²) in [4.78, 5) is 12.4. The number of carbonyl (C=O) groups is 1. The Balaban J connectivity index is 2.66. The van der Waals surface area contributed by atoms with Crippen LogP contribution < -0.4 is 0 Å². The maximum atomic E-state index is 11.6. The topological polar surface area (TPSA) is 46.5 Å². The van der Waals surface area contributed by atoms with Crippen molar-refractivity contribution >= 4 is 17.7 Å². The van der Waals surface area contributed by atoms with Crippen LogP contribution in [0.25, 0.3) is 0 Å². The highest BCUT2D eigenvalue weighted by atomic mass is 32.2. The molecule has 3 nitrogen and oxygen atoms in total. The quantitative estimate of drug-likeness (QED) is 0.635. The predicted octanol–water partition coefficient (Wildman–Crippen LogP) is 2.83. The molecule has 1 rings (SSSR count). The fourth-order valence-electron chi connectivity index (χ4n) is 1.25. The van der Waals surface area contributed by atoms with Gasteiger partial charge in [-0.3, -0.25) is 4.79 Å². The summed E-state index contributed by atoms with van der Waals surface area (Å²) in [5, 5.41) is 9.10. The molecule has 0 aliphatic heterocycles. The molecule has 1 aromatic carbocycles. The number of carbonyl (C=O) groups excluding carboxylic acids is 1. The van der Waals surface area contributed by atoms with E-state index in [0.29, 0.717) is 13.0 Å². The van der Waals surface area contributed by atoms with Crippen molar-refractivity contribution in [1.82, 2.24) is 0 Å². The zero-order chi connectivity index (χ0) is 12.0. The van der Waals surface area contributed by atoms with Gasteiger partial charge in [0.2, 0.25) is 0 Å². The fourth-order valence-corrected chi connectivity index (χ4v) is 2.26. The molecule has 88 valence electrons. The summed E-state index contributed by atoms with van der Waals surface area (Å²) >= 11 is 1.42. The third kappa shape index (κ3) is 3.77. The molecule has 0 aliphatic carbocycles. The maximum absolute atomic E-state index is 11.6. The molecule has 4 heteroatoms. The van der Waals surface area contributed by atoms with Crippen LogP contribution in [0.5, 0.6) is 5.75 Å². The van der Waals surface area contributed by atoms with Crippen LogP contribution in [-0.4, -0.2) is 22.9 Å². The first-order valence-electron chi connectivity index (χ1n) is 5.29. The minimum atomic E-state index is -0.207. The lowest BCUT2D eigenvalue weighted by atomic mass is 10.3. The zero-order valence-electron chi connectivity index (χ0n) is 9.47. The highest BCUT2D eigenvalue weighted by Gasteiger charge is 2.18. The van der Waals surface area contributed by atoms with E-state index in [9.17, 15) is 9.90 Å². The molecule has 0 radical (unpaired) electrons. The predicted molar refractivity (Wildman–Crippen MR) is 64.7 cm³/mol. The highest BCUT2D eigenvalue weighted by molar-refractivity contribution is 8.00. The minimum Gasteiger partial charge on any atom is -0.508 e. The molecule has 1 atom stereocenters. The first-order valence-corrected chi connectivity index (χ1v) is 6.17. The molecule has 0 saturated heterocycles. The van der Waals surface area contributed by atoms with Crippen LogP contribution >= 0.6 is 11.8 Å². The van der Waals surface area contributed by atoms with E-state index in [4.69, 9.17) is 4.74 Å². The number of aromatic hydroxyl groups is 1. The van der Waals surface area contributed by atoms with Gasteiger partial charge in [0.15, 0.2) is 0 Å². The van der Waals surface area contributed by atoms with Crippen LogP contribution in [0, 0.1) is 0 Å². The third-order valence-electron chi connectivity index (χ3n) is 2.02. The lowest BCUT2D eigenvalue weighted by Gasteiger charge is -2.12. The number of hydrogen-bond donors (Lipinski definition) is 1. The Kier molecular flexibility index (Phi) is 5.19. The van der Waals surface area contributed by atoms with Crippen LogP contribution in [0.3, 0.4) is 0 Å². The van der Waals surface area contributed by atoms with Crippen LogP contribution in [0.2, 0.25) is 0 Å². The van der Waals surface area contributed by atoms with Gasteiger partial charge >= 0.3 is 5.97 Å². The van der Waals surface area contributed by atoms with Crippen LogP contribution in [0.4, 0.5) is 0 Å². The van der Waals surface area contributed by atoms with E-state index in [1.54, 1.807) is 25.1 Å². The standard InChI is InChI=1S/C12H16O3S/c1-3-11(12(14)15-4-2)16-10-7-5-6-9(13)8-10/h5-8,11,13H,3-4H2,1-2H3. The Labute approximate surface area is 99.8 Å². The Morgan fingerprint density at radius 1 is 1.50 bits per heavy atom. The summed E-state index contributed by atoms with van der Waals surface area (Å²) in [7, 11) is 0. The largest absolute Gasteiger partial charge is 0.508 e. The summed E-state index contributed by atoms with van der Waals surface area (Å²) in [6, 6.07) is 6.88. The zero-order valence-corrected chi connectivity index (χ0v) is 10.3. The van der Waals surface area contributed by atoms with Gasteiger partial charge in [0.1, 0.15) is 11.0 Å². The molecule has 0 spiro atoms. The summed E-state index contributed by atoms with van der Waals surface area (Å²) in [5.74, 6) is 0.0158. The van der Waals surface area contributed by atoms with Gasteiger partial charge in [-0.15, -0.1) is 11.8 Å². The van der Waals surface area contributed by atoms with Crippen LogP contribution in [0.1, 0.15) is 20.3 Å². The molecule has 1 aromatic rings. The van der Waals surface area contributed by atoms with Crippen LogP contribution in [0.15, 0.2) is 29.2 Å². The summed E-state index contributed by atoms with van der Waals surface area (Å²) < 4.78 is 4.98. The Morgan fingerprint density at radius 3 is 2.81 bits per heavy atom. The average Bonchev–Trinajstić information content (AvgIpc) is 2.26. The van der Waals surface area contributed by atoms with Crippen molar-refractivity contribution in [3.8, 4) is 5.75 Å². The van der Waals surface area contributed by atoms with Gasteiger partial charge in [0.05, 0.1) is 6.61 Å². The smallest absolute Gasteiger partial charge is 0.319 e. The van der Waals surface area contributed by atoms with E-state index in [0.717, 1.165) is 4.90 Å². The van der Waals surface area contributed by atoms with E-state index in [-0.39, 0.29) is 17.0 Å². The van der Waals surface area contributed by atoms with E-state index < -0.39 is 0 Å². The molecule has 0 aliphatic rings. The second kappa shape index (κ2) is 6.43. The van der Waals surface area contributed by atoms with Crippen molar-refractivity contribution in [3.63, 3.8) is 0 Å². The van der Waals surface area contributed by atoms with Crippen molar-refractivity contribution in [2.24, 2.45) is 0 Å². The maximum Gasteiger partial charge on any atom is 0.319 e. The number of ether oxygens (including phenoxy) is 1. The van der Waals surface area contributed by atoms with Gasteiger partial charge in [-0.2, -0.15) is 0 Å². The monoisotopic (exact) mass is 240 g/mol. The SMILES string of the molecule is CCOC(=O)C(CC)Sc1cccc(O)c1. The highest BCUT2D eigenvalue weighted by Crippen LogP contribution is 2.28. The van der Waals surface area contributed by atoms with Gasteiger partial charge in [-0.25, -0.2) is 0 Å². The van der Waals surface area contributed by atoms with E-state index in [1.807, 2.05) is 13.0 Å². The van der Waals surface area contributed by atoms with Gasteiger partial charge in [-0.1, -0.05) is 13.0 Å². The van der Waals surface area contributed by atoms with Crippen molar-refractivity contribution in [2.75, 3.05) is 6.61 Å². The molecule has 1 unspecified atom stereocenters. The van der Waals surface area contributed by atoms with Gasteiger partial charge in [0.25, 0.3) is 0 Å². The molecule has 16 heavy (non-hydrogen) atoms. The number of phenolic OH excluding ortho intramolecular Hbond substituents is 1. The first-order chi connectivity index (χ1) is 7.67. The third-order valence-corrected chi connectivity index (χ3v) is 3.35. The Hall–Kier alpha value is -1.16. The van der Waals surface area contributed by atoms with Crippen molar-refractivity contribution < 1.29 is 14.6 Å². The molecule has 0 amide bonds. The second-order valence-corrected chi connectivity index (χ2v) is 4.54. The molecule has 0 aromatic heterocycles. The van der Waals surface area contributed by atoms with Crippen LogP contribution in [-0.2, 0) is 9.53 Å². The number of benzene rings is 1. The molecule has 0 saturated carbocycles. The molecule has 1 N–H and O–H groups in total. The summed E-state index contributed by atoms with van der Waals surface area (Å²) in [6.45, 7) is 4.14. The number of rotatable bonds is 5. The average molecular weight is 240 g/mol.